The summed E-state index contributed by atoms with van der Waals surface area (Å²) < 4.78 is 5.14. The van der Waals surface area contributed by atoms with Crippen molar-refractivity contribution < 1.29 is 9.53 Å². The molecule has 0 saturated heterocycles. The second kappa shape index (κ2) is 5.92. The van der Waals surface area contributed by atoms with Gasteiger partial charge in [-0.1, -0.05) is 0 Å². The van der Waals surface area contributed by atoms with E-state index in [4.69, 9.17) is 15.7 Å². The number of nitrogens with two attached hydrogens (primary N) is 1. The Hall–Kier alpha value is -2.22. The maximum atomic E-state index is 12.2. The topological polar surface area (TPSA) is 79.3 Å². The van der Waals surface area contributed by atoms with Crippen LogP contribution < -0.4 is 10.5 Å². The molecule has 0 aliphatic rings. The second-order valence-electron chi connectivity index (χ2n) is 4.09. The van der Waals surface area contributed by atoms with E-state index in [-0.39, 0.29) is 11.9 Å². The van der Waals surface area contributed by atoms with E-state index in [2.05, 4.69) is 0 Å². The maximum absolute atomic E-state index is 12.2. The van der Waals surface area contributed by atoms with E-state index < -0.39 is 0 Å². The van der Waals surface area contributed by atoms with Crippen LogP contribution in [-0.4, -0.2) is 31.0 Å². The van der Waals surface area contributed by atoms with Crippen molar-refractivity contribution in [3.63, 3.8) is 0 Å². The molecule has 0 heterocycles. The zero-order chi connectivity index (χ0) is 13.7. The van der Waals surface area contributed by atoms with Crippen molar-refractivity contribution >= 4 is 11.6 Å². The SMILES string of the molecule is COc1cc(N)ccc1C(=O)N(C)C(C)CC#N. The van der Waals surface area contributed by atoms with Gasteiger partial charge in [0.15, 0.2) is 0 Å². The molecule has 1 aromatic carbocycles. The van der Waals surface area contributed by atoms with Gasteiger partial charge in [-0.25, -0.2) is 0 Å². The van der Waals surface area contributed by atoms with Crippen molar-refractivity contribution in [1.82, 2.24) is 4.90 Å². The van der Waals surface area contributed by atoms with Gasteiger partial charge in [0, 0.05) is 24.8 Å². The van der Waals surface area contributed by atoms with Crippen molar-refractivity contribution in [2.45, 2.75) is 19.4 Å². The zero-order valence-corrected chi connectivity index (χ0v) is 10.8. The molecule has 0 aliphatic carbocycles. The molecule has 96 valence electrons. The van der Waals surface area contributed by atoms with Crippen LogP contribution in [0, 0.1) is 11.3 Å². The summed E-state index contributed by atoms with van der Waals surface area (Å²) in [5.74, 6) is 0.255. The maximum Gasteiger partial charge on any atom is 0.257 e. The molecule has 0 bridgehead atoms. The van der Waals surface area contributed by atoms with Crippen molar-refractivity contribution in [3.05, 3.63) is 23.8 Å². The summed E-state index contributed by atoms with van der Waals surface area (Å²) in [6.45, 7) is 1.82. The van der Waals surface area contributed by atoms with Gasteiger partial charge in [0.2, 0.25) is 0 Å². The van der Waals surface area contributed by atoms with Gasteiger partial charge in [0.05, 0.1) is 25.2 Å². The van der Waals surface area contributed by atoms with Crippen LogP contribution in [-0.2, 0) is 0 Å². The van der Waals surface area contributed by atoms with Gasteiger partial charge in [-0.3, -0.25) is 4.79 Å². The van der Waals surface area contributed by atoms with E-state index in [1.165, 1.54) is 12.0 Å². The number of anilines is 1. The van der Waals surface area contributed by atoms with Crippen molar-refractivity contribution in [3.8, 4) is 11.8 Å². The third kappa shape index (κ3) is 2.92. The van der Waals surface area contributed by atoms with Crippen LogP contribution >= 0.6 is 0 Å². The number of nitrogens with zero attached hydrogens (tertiary/aromatic N) is 2. The molecule has 1 atom stereocenters. The minimum Gasteiger partial charge on any atom is -0.496 e. The summed E-state index contributed by atoms with van der Waals surface area (Å²) in [7, 11) is 3.16. The lowest BCUT2D eigenvalue weighted by molar-refractivity contribution is 0.0743. The van der Waals surface area contributed by atoms with E-state index in [0.717, 1.165) is 0 Å². The van der Waals surface area contributed by atoms with Gasteiger partial charge in [-0.15, -0.1) is 0 Å². The number of benzene rings is 1. The Morgan fingerprint density at radius 1 is 1.61 bits per heavy atom. The average molecular weight is 247 g/mol. The fourth-order valence-electron chi connectivity index (χ4n) is 1.54. The first-order valence-electron chi connectivity index (χ1n) is 5.58. The summed E-state index contributed by atoms with van der Waals surface area (Å²) >= 11 is 0. The van der Waals surface area contributed by atoms with Gasteiger partial charge >= 0.3 is 0 Å². The molecule has 1 amide bonds. The summed E-state index contributed by atoms with van der Waals surface area (Å²) in [5, 5.41) is 8.65. The number of hydrogen-bond acceptors (Lipinski definition) is 4. The van der Waals surface area contributed by atoms with Crippen LogP contribution in [0.15, 0.2) is 18.2 Å². The molecule has 0 saturated carbocycles. The zero-order valence-electron chi connectivity index (χ0n) is 10.8. The smallest absolute Gasteiger partial charge is 0.257 e. The Bertz CT molecular complexity index is 480. The predicted octanol–water partition coefficient (Wildman–Crippen LogP) is 1.65. The van der Waals surface area contributed by atoms with Crippen LogP contribution in [0.4, 0.5) is 5.69 Å². The number of hydrogen-bond donors (Lipinski definition) is 1. The first-order valence-corrected chi connectivity index (χ1v) is 5.58. The lowest BCUT2D eigenvalue weighted by Crippen LogP contribution is -2.35. The fraction of sp³-hybridized carbons (Fsp3) is 0.385. The van der Waals surface area contributed by atoms with Crippen molar-refractivity contribution in [2.24, 2.45) is 0 Å². The van der Waals surface area contributed by atoms with Gasteiger partial charge in [0.25, 0.3) is 5.91 Å². The third-order valence-electron chi connectivity index (χ3n) is 2.82. The quantitative estimate of drug-likeness (QED) is 0.820. The molecular formula is C13H17N3O2. The Morgan fingerprint density at radius 2 is 2.28 bits per heavy atom. The molecular weight excluding hydrogens is 230 g/mol. The Kier molecular flexibility index (Phi) is 4.55. The largest absolute Gasteiger partial charge is 0.496 e. The minimum absolute atomic E-state index is 0.148. The summed E-state index contributed by atoms with van der Waals surface area (Å²) in [6, 6.07) is 6.79. The summed E-state index contributed by atoms with van der Waals surface area (Å²) in [5.41, 5.74) is 6.62. The molecule has 1 aromatic rings. The number of nitriles is 1. The van der Waals surface area contributed by atoms with E-state index >= 15 is 0 Å². The molecule has 0 fully saturated rings. The predicted molar refractivity (Wildman–Crippen MR) is 69.2 cm³/mol. The molecule has 1 unspecified atom stereocenters. The molecule has 0 aliphatic heterocycles. The van der Waals surface area contributed by atoms with Crippen LogP contribution in [0.2, 0.25) is 0 Å². The highest BCUT2D eigenvalue weighted by atomic mass is 16.5. The molecule has 0 radical (unpaired) electrons. The normalized spacial score (nSPS) is 11.4. The molecule has 2 N–H and O–H groups in total. The average Bonchev–Trinajstić information content (AvgIpc) is 2.37. The lowest BCUT2D eigenvalue weighted by Gasteiger charge is -2.23. The molecule has 0 spiro atoms. The fourth-order valence-corrected chi connectivity index (χ4v) is 1.54. The first kappa shape index (κ1) is 13.8. The molecule has 5 heteroatoms. The number of ether oxygens (including phenoxy) is 1. The Balaban J connectivity index is 3.00. The number of carbonyl (C=O) groups excluding carboxylic acids is 1. The minimum atomic E-state index is -0.186. The lowest BCUT2D eigenvalue weighted by atomic mass is 10.1. The molecule has 18 heavy (non-hydrogen) atoms. The number of nitrogen functional groups attached to an aromatic ring is 1. The molecule has 1 rings (SSSR count). The number of amides is 1. The van der Waals surface area contributed by atoms with E-state index in [9.17, 15) is 4.79 Å². The Labute approximate surface area is 107 Å². The van der Waals surface area contributed by atoms with Crippen LogP contribution in [0.3, 0.4) is 0 Å². The molecule has 0 aromatic heterocycles. The summed E-state index contributed by atoms with van der Waals surface area (Å²) in [6.07, 6.45) is 0.291. The second-order valence-corrected chi connectivity index (χ2v) is 4.09. The monoisotopic (exact) mass is 247 g/mol. The van der Waals surface area contributed by atoms with E-state index in [1.807, 2.05) is 13.0 Å². The number of methoxy groups -OCH3 is 1. The summed E-state index contributed by atoms with van der Waals surface area (Å²) in [4.78, 5) is 13.8. The van der Waals surface area contributed by atoms with Gasteiger partial charge in [-0.05, 0) is 19.1 Å². The van der Waals surface area contributed by atoms with Crippen LogP contribution in [0.25, 0.3) is 0 Å². The highest BCUT2D eigenvalue weighted by Crippen LogP contribution is 2.23. The van der Waals surface area contributed by atoms with Crippen LogP contribution in [0.1, 0.15) is 23.7 Å². The van der Waals surface area contributed by atoms with E-state index in [1.54, 1.807) is 25.2 Å². The molecule has 5 nitrogen and oxygen atoms in total. The number of rotatable bonds is 4. The van der Waals surface area contributed by atoms with Crippen molar-refractivity contribution in [2.75, 3.05) is 19.9 Å². The van der Waals surface area contributed by atoms with Crippen molar-refractivity contribution in [1.29, 1.82) is 5.26 Å². The number of carbonyl (C=O) groups is 1. The standard InChI is InChI=1S/C13H17N3O2/c1-9(6-7-14)16(2)13(17)11-5-4-10(15)8-12(11)18-3/h4-5,8-9H,6,15H2,1-3H3. The van der Waals surface area contributed by atoms with Gasteiger partial charge < -0.3 is 15.4 Å². The van der Waals surface area contributed by atoms with E-state index in [0.29, 0.717) is 23.4 Å². The third-order valence-corrected chi connectivity index (χ3v) is 2.82. The van der Waals surface area contributed by atoms with Gasteiger partial charge in [-0.2, -0.15) is 5.26 Å². The van der Waals surface area contributed by atoms with Gasteiger partial charge in [0.1, 0.15) is 5.75 Å². The van der Waals surface area contributed by atoms with Crippen LogP contribution in [0.5, 0.6) is 5.75 Å². The highest BCUT2D eigenvalue weighted by Gasteiger charge is 2.20. The highest BCUT2D eigenvalue weighted by molar-refractivity contribution is 5.97. The Morgan fingerprint density at radius 3 is 2.83 bits per heavy atom. The first-order chi connectivity index (χ1) is 8.51.